The summed E-state index contributed by atoms with van der Waals surface area (Å²) in [5.74, 6) is 0.984. The average Bonchev–Trinajstić information content (AvgIpc) is 2.80. The van der Waals surface area contributed by atoms with Gasteiger partial charge in [-0.15, -0.1) is 0 Å². The minimum Gasteiger partial charge on any atom is -0.436 e. The number of nitrogens with zero attached hydrogens (tertiary/aromatic N) is 3. The molecule has 5 nitrogen and oxygen atoms in total. The fourth-order valence-electron chi connectivity index (χ4n) is 1.49. The van der Waals surface area contributed by atoms with Crippen LogP contribution in [0.15, 0.2) is 35.1 Å². The van der Waals surface area contributed by atoms with Gasteiger partial charge in [-0.1, -0.05) is 12.1 Å². The second-order valence-corrected chi connectivity index (χ2v) is 4.62. The topological polar surface area (TPSA) is 63.7 Å². The van der Waals surface area contributed by atoms with E-state index in [9.17, 15) is 0 Å². The lowest BCUT2D eigenvalue weighted by Crippen LogP contribution is -1.93. The third kappa shape index (κ3) is 2.04. The molecule has 0 spiro atoms. The summed E-state index contributed by atoms with van der Waals surface area (Å²) >= 11 is 9.22. The van der Waals surface area contributed by atoms with Gasteiger partial charge < -0.3 is 9.72 Å². The van der Waals surface area contributed by atoms with E-state index in [1.807, 2.05) is 24.3 Å². The van der Waals surface area contributed by atoms with Crippen molar-refractivity contribution < 1.29 is 4.74 Å². The number of imidazole rings is 1. The maximum atomic E-state index is 5.82. The first-order valence-electron chi connectivity index (χ1n) is 5.03. The van der Waals surface area contributed by atoms with Crippen LogP contribution in [0.25, 0.3) is 11.2 Å². The van der Waals surface area contributed by atoms with Crippen LogP contribution in [0, 0.1) is 0 Å². The van der Waals surface area contributed by atoms with Crippen molar-refractivity contribution in [2.75, 3.05) is 0 Å². The summed E-state index contributed by atoms with van der Waals surface area (Å²) < 4.78 is 6.53. The quantitative estimate of drug-likeness (QED) is 0.732. The van der Waals surface area contributed by atoms with E-state index < -0.39 is 0 Å². The summed E-state index contributed by atoms with van der Waals surface area (Å²) in [5, 5.41) is 0.0941. The van der Waals surface area contributed by atoms with Crippen molar-refractivity contribution in [1.82, 2.24) is 19.9 Å². The lowest BCUT2D eigenvalue weighted by Gasteiger charge is -2.06. The molecule has 1 N–H and O–H groups in total. The molecule has 0 aliphatic rings. The van der Waals surface area contributed by atoms with Crippen LogP contribution in [0.1, 0.15) is 0 Å². The van der Waals surface area contributed by atoms with E-state index in [1.165, 1.54) is 6.33 Å². The standard InChI is InChI=1S/C11H6BrClN4O/c12-6-3-1-2-4-7(6)18-10-8-9(15-5-14-8)16-11(13)17-10/h1-5H,(H,14,15,16,17). The maximum absolute atomic E-state index is 5.82. The number of aromatic amines is 1. The number of H-pyrrole nitrogens is 1. The van der Waals surface area contributed by atoms with Crippen LogP contribution in [0.2, 0.25) is 5.28 Å². The second-order valence-electron chi connectivity index (χ2n) is 3.43. The van der Waals surface area contributed by atoms with Crippen molar-refractivity contribution in [3.63, 3.8) is 0 Å². The monoisotopic (exact) mass is 324 g/mol. The van der Waals surface area contributed by atoms with Crippen LogP contribution < -0.4 is 4.74 Å². The number of rotatable bonds is 2. The molecule has 3 rings (SSSR count). The first-order chi connectivity index (χ1) is 8.74. The van der Waals surface area contributed by atoms with Crippen LogP contribution in [0.3, 0.4) is 0 Å². The van der Waals surface area contributed by atoms with E-state index in [-0.39, 0.29) is 5.28 Å². The fraction of sp³-hybridized carbons (Fsp3) is 0. The molecule has 18 heavy (non-hydrogen) atoms. The number of halogens is 2. The Morgan fingerprint density at radius 3 is 2.89 bits per heavy atom. The van der Waals surface area contributed by atoms with Crippen molar-refractivity contribution in [3.8, 4) is 11.6 Å². The van der Waals surface area contributed by atoms with Crippen LogP contribution in [0.5, 0.6) is 11.6 Å². The summed E-state index contributed by atoms with van der Waals surface area (Å²) in [7, 11) is 0. The van der Waals surface area contributed by atoms with Gasteiger partial charge in [-0.25, -0.2) is 4.98 Å². The Bertz CT molecular complexity index is 715. The van der Waals surface area contributed by atoms with Gasteiger partial charge >= 0.3 is 0 Å². The highest BCUT2D eigenvalue weighted by Crippen LogP contribution is 2.31. The van der Waals surface area contributed by atoms with Gasteiger partial charge in [-0.05, 0) is 39.7 Å². The molecule has 7 heteroatoms. The fourth-order valence-corrected chi connectivity index (χ4v) is 2.01. The van der Waals surface area contributed by atoms with Crippen molar-refractivity contribution in [1.29, 1.82) is 0 Å². The Labute approximate surface area is 115 Å². The third-order valence-electron chi connectivity index (χ3n) is 2.27. The molecule has 0 radical (unpaired) electrons. The van der Waals surface area contributed by atoms with E-state index >= 15 is 0 Å². The molecule has 0 fully saturated rings. The minimum atomic E-state index is 0.0941. The molecule has 0 saturated heterocycles. The summed E-state index contributed by atoms with van der Waals surface area (Å²) in [4.78, 5) is 15.0. The van der Waals surface area contributed by atoms with Gasteiger partial charge in [0.1, 0.15) is 11.3 Å². The van der Waals surface area contributed by atoms with Crippen LogP contribution >= 0.6 is 27.5 Å². The van der Waals surface area contributed by atoms with Crippen LogP contribution in [0.4, 0.5) is 0 Å². The number of fused-ring (bicyclic) bond motifs is 1. The molecule has 3 aromatic rings. The number of aromatic nitrogens is 4. The van der Waals surface area contributed by atoms with Gasteiger partial charge in [0.2, 0.25) is 11.2 Å². The first kappa shape index (κ1) is 11.4. The number of hydrogen-bond acceptors (Lipinski definition) is 4. The molecule has 0 aliphatic carbocycles. The van der Waals surface area contributed by atoms with Gasteiger partial charge in [-0.2, -0.15) is 9.97 Å². The molecule has 0 saturated carbocycles. The molecule has 0 aliphatic heterocycles. The van der Waals surface area contributed by atoms with E-state index in [2.05, 4.69) is 35.9 Å². The maximum Gasteiger partial charge on any atom is 0.250 e. The molecule has 2 heterocycles. The van der Waals surface area contributed by atoms with Gasteiger partial charge in [0.05, 0.1) is 10.8 Å². The zero-order valence-electron chi connectivity index (χ0n) is 8.89. The van der Waals surface area contributed by atoms with Gasteiger partial charge in [0.15, 0.2) is 5.65 Å². The van der Waals surface area contributed by atoms with Gasteiger partial charge in [0.25, 0.3) is 0 Å². The van der Waals surface area contributed by atoms with Gasteiger partial charge in [-0.3, -0.25) is 0 Å². The zero-order valence-corrected chi connectivity index (χ0v) is 11.2. The van der Waals surface area contributed by atoms with Crippen LogP contribution in [-0.2, 0) is 0 Å². The van der Waals surface area contributed by atoms with E-state index in [0.717, 1.165) is 4.47 Å². The molecular formula is C11H6BrClN4O. The molecular weight excluding hydrogens is 320 g/mol. The lowest BCUT2D eigenvalue weighted by molar-refractivity contribution is 0.464. The largest absolute Gasteiger partial charge is 0.436 e. The van der Waals surface area contributed by atoms with Gasteiger partial charge in [0, 0.05) is 0 Å². The summed E-state index contributed by atoms with van der Waals surface area (Å²) in [6.45, 7) is 0. The number of hydrogen-bond donors (Lipinski definition) is 1. The molecule has 0 bridgehead atoms. The molecule has 2 aromatic heterocycles. The zero-order chi connectivity index (χ0) is 12.5. The summed E-state index contributed by atoms with van der Waals surface area (Å²) in [5.41, 5.74) is 1.08. The lowest BCUT2D eigenvalue weighted by atomic mass is 10.3. The molecule has 90 valence electrons. The molecule has 1 aromatic carbocycles. The van der Waals surface area contributed by atoms with Crippen molar-refractivity contribution >= 4 is 38.7 Å². The predicted octanol–water partition coefficient (Wildman–Crippen LogP) is 3.56. The highest BCUT2D eigenvalue weighted by atomic mass is 79.9. The number of benzene rings is 1. The highest BCUT2D eigenvalue weighted by Gasteiger charge is 2.12. The molecule has 0 amide bonds. The van der Waals surface area contributed by atoms with Crippen molar-refractivity contribution in [2.45, 2.75) is 0 Å². The average molecular weight is 326 g/mol. The smallest absolute Gasteiger partial charge is 0.250 e. The highest BCUT2D eigenvalue weighted by molar-refractivity contribution is 9.10. The Hall–Kier alpha value is -1.66. The van der Waals surface area contributed by atoms with E-state index in [1.54, 1.807) is 0 Å². The number of nitrogens with one attached hydrogen (secondary N) is 1. The molecule has 0 unspecified atom stereocenters. The number of ether oxygens (including phenoxy) is 1. The Balaban J connectivity index is 2.10. The normalized spacial score (nSPS) is 10.8. The van der Waals surface area contributed by atoms with E-state index in [4.69, 9.17) is 16.3 Å². The minimum absolute atomic E-state index is 0.0941. The number of para-hydroxylation sites is 1. The summed E-state index contributed by atoms with van der Waals surface area (Å²) in [6, 6.07) is 7.47. The predicted molar refractivity (Wildman–Crippen MR) is 70.9 cm³/mol. The Kier molecular flexibility index (Phi) is 2.89. The summed E-state index contributed by atoms with van der Waals surface area (Å²) in [6.07, 6.45) is 1.52. The second kappa shape index (κ2) is 4.55. The third-order valence-corrected chi connectivity index (χ3v) is 3.09. The van der Waals surface area contributed by atoms with E-state index in [0.29, 0.717) is 22.8 Å². The van der Waals surface area contributed by atoms with Crippen LogP contribution in [-0.4, -0.2) is 19.9 Å². The Morgan fingerprint density at radius 1 is 1.22 bits per heavy atom. The molecule has 0 atom stereocenters. The first-order valence-corrected chi connectivity index (χ1v) is 6.20. The van der Waals surface area contributed by atoms with Crippen molar-refractivity contribution in [3.05, 3.63) is 40.3 Å². The van der Waals surface area contributed by atoms with Crippen molar-refractivity contribution in [2.24, 2.45) is 0 Å². The SMILES string of the molecule is Clc1nc(Oc2ccccc2Br)c2[nH]cnc2n1. The Morgan fingerprint density at radius 2 is 2.06 bits per heavy atom.